The van der Waals surface area contributed by atoms with Crippen LogP contribution in [0.3, 0.4) is 0 Å². The van der Waals surface area contributed by atoms with Crippen molar-refractivity contribution < 1.29 is 13.7 Å². The fraction of sp³-hybridized carbons (Fsp3) is 0.0588. The van der Waals surface area contributed by atoms with Crippen LogP contribution < -0.4 is 4.72 Å². The predicted octanol–water partition coefficient (Wildman–Crippen LogP) is 4.13. The highest BCUT2D eigenvalue weighted by Gasteiger charge is 2.11. The number of phenols is 1. The number of fused-ring (bicyclic) bond motifs is 1. The Morgan fingerprint density at radius 2 is 1.77 bits per heavy atom. The van der Waals surface area contributed by atoms with E-state index in [1.165, 1.54) is 18.2 Å². The van der Waals surface area contributed by atoms with E-state index in [9.17, 15) is 13.7 Å². The number of benzene rings is 3. The van der Waals surface area contributed by atoms with Gasteiger partial charge in [-0.05, 0) is 42.8 Å². The van der Waals surface area contributed by atoms with Crippen molar-refractivity contribution >= 4 is 27.4 Å². The molecule has 3 rings (SSSR count). The second-order valence-electron chi connectivity index (χ2n) is 4.96. The monoisotopic (exact) mass is 315 g/mol. The molecular formula is C17H14FNO2S. The topological polar surface area (TPSA) is 49.3 Å². The number of hydrogen-bond acceptors (Lipinski definition) is 2. The van der Waals surface area contributed by atoms with E-state index in [0.29, 0.717) is 21.5 Å². The Hall–Kier alpha value is -2.40. The highest BCUT2D eigenvalue weighted by Crippen LogP contribution is 2.31. The number of aryl methyl sites for hydroxylation is 1. The van der Waals surface area contributed by atoms with Gasteiger partial charge in [0.05, 0.1) is 10.6 Å². The summed E-state index contributed by atoms with van der Waals surface area (Å²) in [6.45, 7) is 1.72. The first-order valence-corrected chi connectivity index (χ1v) is 7.86. The molecule has 0 saturated carbocycles. The molecule has 3 nitrogen and oxygen atoms in total. The van der Waals surface area contributed by atoms with E-state index in [2.05, 4.69) is 4.72 Å². The summed E-state index contributed by atoms with van der Waals surface area (Å²) in [7, 11) is -1.52. The number of anilines is 1. The summed E-state index contributed by atoms with van der Waals surface area (Å²) in [5.41, 5.74) is 1.27. The fourth-order valence-corrected chi connectivity index (χ4v) is 3.38. The van der Waals surface area contributed by atoms with Gasteiger partial charge in [-0.2, -0.15) is 0 Å². The fourth-order valence-electron chi connectivity index (χ4n) is 2.35. The van der Waals surface area contributed by atoms with E-state index < -0.39 is 11.0 Å². The third-order valence-electron chi connectivity index (χ3n) is 3.44. The molecule has 0 bridgehead atoms. The van der Waals surface area contributed by atoms with E-state index in [-0.39, 0.29) is 11.6 Å². The minimum absolute atomic E-state index is 0.171. The predicted molar refractivity (Wildman–Crippen MR) is 86.8 cm³/mol. The summed E-state index contributed by atoms with van der Waals surface area (Å²) in [4.78, 5) is 0.526. The van der Waals surface area contributed by atoms with E-state index in [4.69, 9.17) is 0 Å². The smallest absolute Gasteiger partial charge is 0.150 e. The van der Waals surface area contributed by atoms with Crippen LogP contribution in [0, 0.1) is 12.7 Å². The Kier molecular flexibility index (Phi) is 3.81. The van der Waals surface area contributed by atoms with Crippen molar-refractivity contribution in [1.29, 1.82) is 0 Å². The van der Waals surface area contributed by atoms with Crippen LogP contribution in [0.4, 0.5) is 10.1 Å². The molecule has 0 aliphatic heterocycles. The first kappa shape index (κ1) is 14.5. The zero-order valence-corrected chi connectivity index (χ0v) is 12.7. The minimum Gasteiger partial charge on any atom is -0.507 e. The maximum atomic E-state index is 13.1. The molecule has 3 aromatic rings. The van der Waals surface area contributed by atoms with Gasteiger partial charge in [0, 0.05) is 10.8 Å². The largest absolute Gasteiger partial charge is 0.507 e. The summed E-state index contributed by atoms with van der Waals surface area (Å²) < 4.78 is 28.6. The van der Waals surface area contributed by atoms with E-state index in [1.807, 2.05) is 18.2 Å². The van der Waals surface area contributed by atoms with Crippen molar-refractivity contribution in [2.24, 2.45) is 0 Å². The van der Waals surface area contributed by atoms with Gasteiger partial charge in [-0.3, -0.25) is 0 Å². The number of hydrogen-bond donors (Lipinski definition) is 2. The summed E-state index contributed by atoms with van der Waals surface area (Å²) in [5, 5.41) is 11.3. The quantitative estimate of drug-likeness (QED) is 0.714. The summed E-state index contributed by atoms with van der Waals surface area (Å²) in [6, 6.07) is 14.7. The average molecular weight is 315 g/mol. The number of rotatable bonds is 3. The Labute approximate surface area is 130 Å². The number of halogens is 1. The van der Waals surface area contributed by atoms with Crippen molar-refractivity contribution in [3.63, 3.8) is 0 Å². The molecule has 0 aliphatic rings. The molecule has 5 heteroatoms. The van der Waals surface area contributed by atoms with Crippen molar-refractivity contribution in [1.82, 2.24) is 0 Å². The molecule has 0 aromatic heterocycles. The molecule has 0 saturated heterocycles. The lowest BCUT2D eigenvalue weighted by molar-refractivity contribution is 0.481. The lowest BCUT2D eigenvalue weighted by Crippen LogP contribution is -2.07. The van der Waals surface area contributed by atoms with Crippen LogP contribution in [0.25, 0.3) is 10.8 Å². The maximum Gasteiger partial charge on any atom is 0.150 e. The van der Waals surface area contributed by atoms with Crippen LogP contribution in [0.2, 0.25) is 0 Å². The van der Waals surface area contributed by atoms with Crippen LogP contribution in [-0.2, 0) is 11.0 Å². The molecule has 112 valence electrons. The van der Waals surface area contributed by atoms with Crippen molar-refractivity contribution in [3.05, 3.63) is 66.0 Å². The van der Waals surface area contributed by atoms with Gasteiger partial charge in [0.2, 0.25) is 0 Å². The lowest BCUT2D eigenvalue weighted by Gasteiger charge is -2.12. The molecule has 0 aliphatic carbocycles. The highest BCUT2D eigenvalue weighted by molar-refractivity contribution is 7.86. The Balaban J connectivity index is 2.00. The van der Waals surface area contributed by atoms with Crippen LogP contribution in [0.1, 0.15) is 5.56 Å². The molecule has 3 aromatic carbocycles. The second kappa shape index (κ2) is 5.77. The molecule has 0 heterocycles. The lowest BCUT2D eigenvalue weighted by atomic mass is 10.1. The first-order valence-electron chi connectivity index (χ1n) is 6.71. The van der Waals surface area contributed by atoms with Crippen molar-refractivity contribution in [2.45, 2.75) is 11.8 Å². The summed E-state index contributed by atoms with van der Waals surface area (Å²) in [5.74, 6) is -0.182. The third-order valence-corrected chi connectivity index (χ3v) is 4.70. The second-order valence-corrected chi connectivity index (χ2v) is 6.14. The molecule has 2 N–H and O–H groups in total. The highest BCUT2D eigenvalue weighted by atomic mass is 32.2. The molecule has 1 atom stereocenters. The average Bonchev–Trinajstić information content (AvgIpc) is 2.50. The van der Waals surface area contributed by atoms with Gasteiger partial charge in [0.1, 0.15) is 11.6 Å². The Morgan fingerprint density at radius 3 is 2.50 bits per heavy atom. The van der Waals surface area contributed by atoms with E-state index in [1.54, 1.807) is 25.1 Å². The van der Waals surface area contributed by atoms with Crippen LogP contribution in [-0.4, -0.2) is 9.32 Å². The molecule has 0 fully saturated rings. The minimum atomic E-state index is -1.52. The van der Waals surface area contributed by atoms with Crippen LogP contribution >= 0.6 is 0 Å². The molecular weight excluding hydrogens is 301 g/mol. The van der Waals surface area contributed by atoms with E-state index >= 15 is 0 Å². The molecule has 0 radical (unpaired) electrons. The van der Waals surface area contributed by atoms with Crippen molar-refractivity contribution in [3.8, 4) is 5.75 Å². The zero-order valence-electron chi connectivity index (χ0n) is 11.8. The van der Waals surface area contributed by atoms with Crippen LogP contribution in [0.15, 0.2) is 59.5 Å². The van der Waals surface area contributed by atoms with Crippen LogP contribution in [0.5, 0.6) is 5.75 Å². The zero-order chi connectivity index (χ0) is 15.7. The number of nitrogens with one attached hydrogen (secondary N) is 1. The number of phenolic OH excluding ortho intramolecular Hbond substituents is 1. The van der Waals surface area contributed by atoms with Gasteiger partial charge in [0.15, 0.2) is 11.0 Å². The van der Waals surface area contributed by atoms with Gasteiger partial charge in [-0.1, -0.05) is 24.3 Å². The van der Waals surface area contributed by atoms with Gasteiger partial charge >= 0.3 is 0 Å². The molecule has 0 spiro atoms. The summed E-state index contributed by atoms with van der Waals surface area (Å²) >= 11 is 0. The molecule has 0 amide bonds. The third kappa shape index (κ3) is 2.67. The maximum absolute atomic E-state index is 13.1. The van der Waals surface area contributed by atoms with Gasteiger partial charge in [-0.25, -0.2) is 8.60 Å². The molecule has 1 unspecified atom stereocenters. The van der Waals surface area contributed by atoms with Gasteiger partial charge < -0.3 is 9.83 Å². The number of aromatic hydroxyl groups is 1. The first-order chi connectivity index (χ1) is 10.6. The summed E-state index contributed by atoms with van der Waals surface area (Å²) in [6.07, 6.45) is 0. The Morgan fingerprint density at radius 1 is 1.05 bits per heavy atom. The SMILES string of the molecule is Cc1cc(F)ccc1S(=O)Nc1ccc(O)c2ccccc12. The van der Waals surface area contributed by atoms with Crippen molar-refractivity contribution in [2.75, 3.05) is 4.72 Å². The normalized spacial score (nSPS) is 12.3. The van der Waals surface area contributed by atoms with Gasteiger partial charge in [0.25, 0.3) is 0 Å². The Bertz CT molecular complexity index is 880. The van der Waals surface area contributed by atoms with E-state index in [0.717, 1.165) is 5.39 Å². The van der Waals surface area contributed by atoms with Gasteiger partial charge in [-0.15, -0.1) is 0 Å². The molecule has 22 heavy (non-hydrogen) atoms. The standard InChI is InChI=1S/C17H14FNO2S/c1-11-10-12(18)6-9-17(11)22(21)19-15-7-8-16(20)14-5-3-2-4-13(14)15/h2-10,19-20H,1H3.